The molecule has 1 aromatic rings. The van der Waals surface area contributed by atoms with E-state index in [1.54, 1.807) is 12.1 Å². The summed E-state index contributed by atoms with van der Waals surface area (Å²) in [6, 6.07) is 3.22. The molecule has 9 heteroatoms. The summed E-state index contributed by atoms with van der Waals surface area (Å²) in [6.07, 6.45) is 5.35. The average Bonchev–Trinajstić information content (AvgIpc) is 3.32. The van der Waals surface area contributed by atoms with Crippen LogP contribution in [0.1, 0.15) is 25.7 Å². The standard InChI is InChI=1S/C16H23N3O4S2/c20-15(17-10-13-4-3-9-23-13)12-24-16-6-5-14(11-18-16)25(21,22)19-7-1-2-8-19/h5-6,11,13H,1-4,7-10,12H2,(H,17,20)/t13-/m0/s1. The SMILES string of the molecule is O=C(CSc1ccc(S(=O)(=O)N2CCCC2)cn1)NC[C@@H]1CCCO1. The van der Waals surface area contributed by atoms with Crippen molar-refractivity contribution in [1.82, 2.24) is 14.6 Å². The Labute approximate surface area is 152 Å². The molecule has 1 N–H and O–H groups in total. The minimum atomic E-state index is -3.44. The van der Waals surface area contributed by atoms with E-state index in [4.69, 9.17) is 4.74 Å². The Kier molecular flexibility index (Phi) is 6.32. The van der Waals surface area contributed by atoms with Crippen molar-refractivity contribution in [3.63, 3.8) is 0 Å². The van der Waals surface area contributed by atoms with Gasteiger partial charge in [-0.05, 0) is 37.8 Å². The maximum Gasteiger partial charge on any atom is 0.244 e. The largest absolute Gasteiger partial charge is 0.376 e. The second-order valence-corrected chi connectivity index (χ2v) is 9.10. The van der Waals surface area contributed by atoms with Crippen molar-refractivity contribution >= 4 is 27.7 Å². The van der Waals surface area contributed by atoms with Gasteiger partial charge in [0.25, 0.3) is 0 Å². The van der Waals surface area contributed by atoms with Crippen molar-refractivity contribution in [3.05, 3.63) is 18.3 Å². The van der Waals surface area contributed by atoms with Crippen molar-refractivity contribution in [3.8, 4) is 0 Å². The van der Waals surface area contributed by atoms with Gasteiger partial charge in [-0.25, -0.2) is 13.4 Å². The molecule has 0 spiro atoms. The molecule has 1 amide bonds. The lowest BCUT2D eigenvalue weighted by Gasteiger charge is -2.15. The van der Waals surface area contributed by atoms with Crippen molar-refractivity contribution in [2.75, 3.05) is 32.0 Å². The molecule has 0 aliphatic carbocycles. The van der Waals surface area contributed by atoms with Gasteiger partial charge in [-0.1, -0.05) is 11.8 Å². The summed E-state index contributed by atoms with van der Waals surface area (Å²) in [5, 5.41) is 3.48. The number of ether oxygens (including phenoxy) is 1. The highest BCUT2D eigenvalue weighted by Crippen LogP contribution is 2.22. The van der Waals surface area contributed by atoms with Crippen LogP contribution in [-0.4, -0.2) is 61.7 Å². The van der Waals surface area contributed by atoms with E-state index in [1.165, 1.54) is 22.3 Å². The van der Waals surface area contributed by atoms with Crippen LogP contribution in [0, 0.1) is 0 Å². The quantitative estimate of drug-likeness (QED) is 0.711. The Balaban J connectivity index is 1.48. The molecule has 0 aromatic carbocycles. The average molecular weight is 386 g/mol. The Morgan fingerprint density at radius 1 is 1.32 bits per heavy atom. The molecule has 2 fully saturated rings. The highest BCUT2D eigenvalue weighted by Gasteiger charge is 2.27. The minimum Gasteiger partial charge on any atom is -0.376 e. The molecule has 25 heavy (non-hydrogen) atoms. The molecule has 3 heterocycles. The number of amides is 1. The van der Waals surface area contributed by atoms with Gasteiger partial charge in [0.1, 0.15) is 4.90 Å². The number of rotatable bonds is 7. The van der Waals surface area contributed by atoms with Crippen LogP contribution in [0.3, 0.4) is 0 Å². The van der Waals surface area contributed by atoms with Crippen LogP contribution in [0.5, 0.6) is 0 Å². The third kappa shape index (κ3) is 4.93. The number of carbonyl (C=O) groups is 1. The predicted molar refractivity (Wildman–Crippen MR) is 94.9 cm³/mol. The van der Waals surface area contributed by atoms with E-state index in [9.17, 15) is 13.2 Å². The summed E-state index contributed by atoms with van der Waals surface area (Å²) >= 11 is 1.29. The van der Waals surface area contributed by atoms with Gasteiger partial charge in [0.15, 0.2) is 0 Å². The number of hydrogen-bond donors (Lipinski definition) is 1. The summed E-state index contributed by atoms with van der Waals surface area (Å²) < 4.78 is 31.8. The van der Waals surface area contributed by atoms with Crippen molar-refractivity contribution in [1.29, 1.82) is 0 Å². The van der Waals surface area contributed by atoms with Crippen LogP contribution >= 0.6 is 11.8 Å². The molecular weight excluding hydrogens is 362 g/mol. The summed E-state index contributed by atoms with van der Waals surface area (Å²) in [6.45, 7) is 2.46. The zero-order valence-corrected chi connectivity index (χ0v) is 15.7. The van der Waals surface area contributed by atoms with Crippen LogP contribution in [0.2, 0.25) is 0 Å². The third-order valence-corrected chi connectivity index (χ3v) is 7.14. The first-order valence-electron chi connectivity index (χ1n) is 8.53. The zero-order chi connectivity index (χ0) is 17.7. The molecule has 138 valence electrons. The summed E-state index contributed by atoms with van der Waals surface area (Å²) in [5.41, 5.74) is 0. The van der Waals surface area contributed by atoms with E-state index >= 15 is 0 Å². The van der Waals surface area contributed by atoms with Gasteiger partial charge in [0, 0.05) is 32.4 Å². The third-order valence-electron chi connectivity index (χ3n) is 4.31. The van der Waals surface area contributed by atoms with Crippen LogP contribution < -0.4 is 5.32 Å². The molecule has 0 saturated carbocycles. The smallest absolute Gasteiger partial charge is 0.244 e. The van der Waals surface area contributed by atoms with Crippen LogP contribution in [0.4, 0.5) is 0 Å². The number of carbonyl (C=O) groups excluding carboxylic acids is 1. The lowest BCUT2D eigenvalue weighted by atomic mass is 10.2. The maximum atomic E-state index is 12.4. The van der Waals surface area contributed by atoms with E-state index in [0.29, 0.717) is 24.7 Å². The Bertz CT molecular complexity index is 682. The van der Waals surface area contributed by atoms with Crippen molar-refractivity contribution in [2.24, 2.45) is 0 Å². The van der Waals surface area contributed by atoms with E-state index < -0.39 is 10.0 Å². The number of sulfonamides is 1. The van der Waals surface area contributed by atoms with E-state index in [0.717, 1.165) is 32.3 Å². The number of hydrogen-bond acceptors (Lipinski definition) is 6. The molecule has 1 atom stereocenters. The highest BCUT2D eigenvalue weighted by molar-refractivity contribution is 7.99. The van der Waals surface area contributed by atoms with Crippen LogP contribution in [0.25, 0.3) is 0 Å². The summed E-state index contributed by atoms with van der Waals surface area (Å²) in [4.78, 5) is 16.2. The van der Waals surface area contributed by atoms with Crippen molar-refractivity contribution < 1.29 is 17.9 Å². The first-order chi connectivity index (χ1) is 12.1. The number of pyridine rings is 1. The monoisotopic (exact) mass is 385 g/mol. The molecule has 1 aromatic heterocycles. The van der Waals surface area contributed by atoms with Gasteiger partial charge in [-0.15, -0.1) is 0 Å². The summed E-state index contributed by atoms with van der Waals surface area (Å²) in [5.74, 6) is 0.175. The Hall–Kier alpha value is -1.16. The van der Waals surface area contributed by atoms with Gasteiger partial charge >= 0.3 is 0 Å². The van der Waals surface area contributed by atoms with E-state index in [1.807, 2.05) is 0 Å². The molecule has 0 bridgehead atoms. The second-order valence-electron chi connectivity index (χ2n) is 6.17. The van der Waals surface area contributed by atoms with Crippen LogP contribution in [-0.2, 0) is 19.6 Å². The highest BCUT2D eigenvalue weighted by atomic mass is 32.2. The molecule has 2 aliphatic heterocycles. The van der Waals surface area contributed by atoms with E-state index in [-0.39, 0.29) is 22.7 Å². The molecule has 2 saturated heterocycles. The fraction of sp³-hybridized carbons (Fsp3) is 0.625. The molecule has 3 rings (SSSR count). The number of nitrogens with zero attached hydrogens (tertiary/aromatic N) is 2. The lowest BCUT2D eigenvalue weighted by molar-refractivity contribution is -0.119. The maximum absolute atomic E-state index is 12.4. The van der Waals surface area contributed by atoms with Gasteiger partial charge in [0.05, 0.1) is 16.9 Å². The zero-order valence-electron chi connectivity index (χ0n) is 14.0. The normalized spacial score (nSPS) is 21.5. The fourth-order valence-electron chi connectivity index (χ4n) is 2.91. The lowest BCUT2D eigenvalue weighted by Crippen LogP contribution is -2.32. The van der Waals surface area contributed by atoms with Crippen molar-refractivity contribution in [2.45, 2.75) is 41.7 Å². The topological polar surface area (TPSA) is 88.6 Å². The Morgan fingerprint density at radius 2 is 2.12 bits per heavy atom. The first-order valence-corrected chi connectivity index (χ1v) is 11.0. The molecule has 0 radical (unpaired) electrons. The van der Waals surface area contributed by atoms with Crippen LogP contribution in [0.15, 0.2) is 28.3 Å². The van der Waals surface area contributed by atoms with Gasteiger partial charge in [-0.3, -0.25) is 4.79 Å². The van der Waals surface area contributed by atoms with Gasteiger partial charge < -0.3 is 10.1 Å². The Morgan fingerprint density at radius 3 is 2.76 bits per heavy atom. The number of thioether (sulfide) groups is 1. The van der Waals surface area contributed by atoms with Gasteiger partial charge in [-0.2, -0.15) is 4.31 Å². The van der Waals surface area contributed by atoms with Gasteiger partial charge in [0.2, 0.25) is 15.9 Å². The fourth-order valence-corrected chi connectivity index (χ4v) is 5.04. The van der Waals surface area contributed by atoms with E-state index in [2.05, 4.69) is 10.3 Å². The number of aromatic nitrogens is 1. The minimum absolute atomic E-state index is 0.0731. The molecule has 0 unspecified atom stereocenters. The summed E-state index contributed by atoms with van der Waals surface area (Å²) in [7, 11) is -3.44. The molecule has 7 nitrogen and oxygen atoms in total. The molecular formula is C16H23N3O4S2. The predicted octanol–water partition coefficient (Wildman–Crippen LogP) is 1.25. The molecule has 2 aliphatic rings. The second kappa shape index (κ2) is 8.48. The first kappa shape index (κ1) is 18.6. The number of nitrogens with one attached hydrogen (secondary N) is 1.